The van der Waals surface area contributed by atoms with Crippen molar-refractivity contribution in [3.8, 4) is 0 Å². The van der Waals surface area contributed by atoms with Gasteiger partial charge in [-0.1, -0.05) is 20.8 Å². The van der Waals surface area contributed by atoms with Crippen molar-refractivity contribution in [2.45, 2.75) is 33.2 Å². The number of hydrogen-bond acceptors (Lipinski definition) is 3. The molecular weight excluding hydrogens is 322 g/mol. The Morgan fingerprint density at radius 2 is 2.05 bits per heavy atom. The quantitative estimate of drug-likeness (QED) is 0.827. The van der Waals surface area contributed by atoms with Gasteiger partial charge in [0.2, 0.25) is 0 Å². The Labute approximate surface area is 118 Å². The van der Waals surface area contributed by atoms with Crippen molar-refractivity contribution in [2.75, 3.05) is 5.32 Å². The van der Waals surface area contributed by atoms with E-state index in [0.717, 1.165) is 0 Å². The number of nitrogens with zero attached hydrogens (tertiary/aromatic N) is 1. The van der Waals surface area contributed by atoms with Crippen LogP contribution in [-0.4, -0.2) is 22.1 Å². The summed E-state index contributed by atoms with van der Waals surface area (Å²) in [7, 11) is 0. The maximum absolute atomic E-state index is 13.6. The first-order chi connectivity index (χ1) is 8.61. The maximum atomic E-state index is 13.6. The molecule has 0 fully saturated rings. The molecule has 19 heavy (non-hydrogen) atoms. The predicted molar refractivity (Wildman–Crippen MR) is 71.0 cm³/mol. The Morgan fingerprint density at radius 1 is 1.47 bits per heavy atom. The molecule has 0 radical (unpaired) electrons. The number of rotatable bonds is 4. The van der Waals surface area contributed by atoms with Gasteiger partial charge in [-0.25, -0.2) is 13.8 Å². The summed E-state index contributed by atoms with van der Waals surface area (Å²) >= 11 is 2.86. The van der Waals surface area contributed by atoms with Crippen molar-refractivity contribution in [1.29, 1.82) is 0 Å². The highest BCUT2D eigenvalue weighted by Gasteiger charge is 2.28. The van der Waals surface area contributed by atoms with E-state index in [0.29, 0.717) is 6.07 Å². The molecule has 1 aromatic rings. The number of nitrogens with one attached hydrogen (secondary N) is 1. The van der Waals surface area contributed by atoms with Crippen LogP contribution in [0.4, 0.5) is 14.6 Å². The zero-order valence-electron chi connectivity index (χ0n) is 10.8. The van der Waals surface area contributed by atoms with Gasteiger partial charge in [-0.2, -0.15) is 0 Å². The second-order valence-electron chi connectivity index (χ2n) is 5.25. The molecule has 0 aliphatic carbocycles. The van der Waals surface area contributed by atoms with Crippen molar-refractivity contribution in [3.63, 3.8) is 0 Å². The minimum Gasteiger partial charge on any atom is -0.481 e. The number of carbonyl (C=O) groups is 1. The standard InChI is InChI=1S/C12H15BrF2N2O2/c1-12(2,3)8(5-9(18)19)16-11-7(15)4-6(14)10(13)17-11/h4,8H,5H2,1-3H3,(H,16,17)(H,18,19). The van der Waals surface area contributed by atoms with Gasteiger partial charge < -0.3 is 10.4 Å². The molecule has 0 aliphatic heterocycles. The zero-order chi connectivity index (χ0) is 14.8. The average Bonchev–Trinajstić information content (AvgIpc) is 2.22. The third-order valence-electron chi connectivity index (χ3n) is 2.62. The zero-order valence-corrected chi connectivity index (χ0v) is 12.4. The van der Waals surface area contributed by atoms with Gasteiger partial charge in [0.05, 0.1) is 6.42 Å². The van der Waals surface area contributed by atoms with Crippen LogP contribution in [0.15, 0.2) is 10.7 Å². The molecule has 0 amide bonds. The molecular formula is C12H15BrF2N2O2. The SMILES string of the molecule is CC(C)(C)C(CC(=O)O)Nc1nc(Br)c(F)cc1F. The lowest BCUT2D eigenvalue weighted by atomic mass is 9.85. The van der Waals surface area contributed by atoms with Crippen LogP contribution in [0.3, 0.4) is 0 Å². The fraction of sp³-hybridized carbons (Fsp3) is 0.500. The summed E-state index contributed by atoms with van der Waals surface area (Å²) in [6.07, 6.45) is -0.195. The van der Waals surface area contributed by atoms with Crippen LogP contribution in [0, 0.1) is 17.0 Å². The van der Waals surface area contributed by atoms with Gasteiger partial charge in [0.15, 0.2) is 17.5 Å². The van der Waals surface area contributed by atoms with E-state index in [4.69, 9.17) is 5.11 Å². The Morgan fingerprint density at radius 3 is 2.53 bits per heavy atom. The van der Waals surface area contributed by atoms with E-state index in [9.17, 15) is 13.6 Å². The number of carboxylic acids is 1. The van der Waals surface area contributed by atoms with E-state index in [-0.39, 0.29) is 16.8 Å². The molecule has 1 heterocycles. The topological polar surface area (TPSA) is 62.2 Å². The number of aliphatic carboxylic acids is 1. The number of aromatic nitrogens is 1. The molecule has 1 unspecified atom stereocenters. The lowest BCUT2D eigenvalue weighted by Crippen LogP contribution is -2.36. The number of hydrogen-bond donors (Lipinski definition) is 2. The number of anilines is 1. The lowest BCUT2D eigenvalue weighted by molar-refractivity contribution is -0.137. The third kappa shape index (κ3) is 4.41. The molecule has 1 atom stereocenters. The molecule has 0 aromatic carbocycles. The molecule has 106 valence electrons. The van der Waals surface area contributed by atoms with Gasteiger partial charge in [-0.15, -0.1) is 0 Å². The van der Waals surface area contributed by atoms with Crippen molar-refractivity contribution in [3.05, 3.63) is 22.3 Å². The number of carboxylic acid groups (broad SMARTS) is 1. The normalized spacial score (nSPS) is 13.2. The summed E-state index contributed by atoms with van der Waals surface area (Å²) in [5.74, 6) is -2.85. The smallest absolute Gasteiger partial charge is 0.305 e. The second-order valence-corrected chi connectivity index (χ2v) is 6.00. The largest absolute Gasteiger partial charge is 0.481 e. The monoisotopic (exact) mass is 336 g/mol. The van der Waals surface area contributed by atoms with Crippen LogP contribution in [0.1, 0.15) is 27.2 Å². The van der Waals surface area contributed by atoms with Crippen LogP contribution < -0.4 is 5.32 Å². The van der Waals surface area contributed by atoms with Crippen LogP contribution >= 0.6 is 15.9 Å². The highest BCUT2D eigenvalue weighted by atomic mass is 79.9. The first-order valence-electron chi connectivity index (χ1n) is 5.61. The summed E-state index contributed by atoms with van der Waals surface area (Å²) in [4.78, 5) is 14.5. The van der Waals surface area contributed by atoms with E-state index in [1.54, 1.807) is 0 Å². The van der Waals surface area contributed by atoms with Crippen LogP contribution in [0.5, 0.6) is 0 Å². The van der Waals surface area contributed by atoms with E-state index < -0.39 is 29.1 Å². The van der Waals surface area contributed by atoms with Gasteiger partial charge in [0.1, 0.15) is 4.60 Å². The third-order valence-corrected chi connectivity index (χ3v) is 3.18. The highest BCUT2D eigenvalue weighted by Crippen LogP contribution is 2.27. The highest BCUT2D eigenvalue weighted by molar-refractivity contribution is 9.10. The molecule has 0 spiro atoms. The van der Waals surface area contributed by atoms with Crippen molar-refractivity contribution < 1.29 is 18.7 Å². The first-order valence-corrected chi connectivity index (χ1v) is 6.40. The minimum absolute atomic E-state index is 0.126. The summed E-state index contributed by atoms with van der Waals surface area (Å²) < 4.78 is 26.5. The molecule has 0 saturated heterocycles. The summed E-state index contributed by atoms with van der Waals surface area (Å²) in [5, 5.41) is 11.6. The number of pyridine rings is 1. The van der Waals surface area contributed by atoms with Gasteiger partial charge in [-0.3, -0.25) is 4.79 Å². The molecule has 0 aliphatic rings. The first kappa shape index (κ1) is 15.8. The van der Waals surface area contributed by atoms with Crippen molar-refractivity contribution >= 4 is 27.7 Å². The Bertz CT molecular complexity index is 489. The minimum atomic E-state index is -1.01. The van der Waals surface area contributed by atoms with E-state index in [2.05, 4.69) is 26.2 Å². The van der Waals surface area contributed by atoms with Crippen LogP contribution in [0.25, 0.3) is 0 Å². The number of halogens is 3. The second kappa shape index (κ2) is 5.81. The predicted octanol–water partition coefficient (Wildman–Crippen LogP) is 3.42. The van der Waals surface area contributed by atoms with Gasteiger partial charge in [-0.05, 0) is 21.3 Å². The fourth-order valence-corrected chi connectivity index (χ4v) is 1.75. The van der Waals surface area contributed by atoms with Crippen LogP contribution in [0.2, 0.25) is 0 Å². The molecule has 7 heteroatoms. The molecule has 2 N–H and O–H groups in total. The van der Waals surface area contributed by atoms with Crippen molar-refractivity contribution in [2.24, 2.45) is 5.41 Å². The molecule has 0 bridgehead atoms. The average molecular weight is 337 g/mol. The molecule has 1 aromatic heterocycles. The Hall–Kier alpha value is -1.24. The van der Waals surface area contributed by atoms with Crippen LogP contribution in [-0.2, 0) is 4.79 Å². The molecule has 0 saturated carbocycles. The molecule has 1 rings (SSSR count). The van der Waals surface area contributed by atoms with Gasteiger partial charge >= 0.3 is 5.97 Å². The lowest BCUT2D eigenvalue weighted by Gasteiger charge is -2.30. The summed E-state index contributed by atoms with van der Waals surface area (Å²) in [5.41, 5.74) is -0.423. The van der Waals surface area contributed by atoms with E-state index >= 15 is 0 Å². The van der Waals surface area contributed by atoms with E-state index in [1.807, 2.05) is 20.8 Å². The fourth-order valence-electron chi connectivity index (χ4n) is 1.46. The van der Waals surface area contributed by atoms with Crippen molar-refractivity contribution in [1.82, 2.24) is 4.98 Å². The molecule has 4 nitrogen and oxygen atoms in total. The van der Waals surface area contributed by atoms with E-state index in [1.165, 1.54) is 0 Å². The summed E-state index contributed by atoms with van der Waals surface area (Å²) in [6.45, 7) is 5.47. The summed E-state index contributed by atoms with van der Waals surface area (Å²) in [6, 6.07) is 0.157. The maximum Gasteiger partial charge on any atom is 0.305 e. The Kier molecular flexibility index (Phi) is 4.84. The van der Waals surface area contributed by atoms with Gasteiger partial charge in [0.25, 0.3) is 0 Å². The Balaban J connectivity index is 3.03. The van der Waals surface area contributed by atoms with Gasteiger partial charge in [0, 0.05) is 12.1 Å².